The fraction of sp³-hybridized carbons (Fsp3) is 0.263. The first-order chi connectivity index (χ1) is 12.3. The van der Waals surface area contributed by atoms with E-state index in [0.717, 1.165) is 36.4 Å². The molecule has 128 valence electrons. The largest absolute Gasteiger partial charge is 0.371 e. The summed E-state index contributed by atoms with van der Waals surface area (Å²) in [4.78, 5) is 6.51. The van der Waals surface area contributed by atoms with Crippen LogP contribution in [0.25, 0.3) is 5.69 Å². The maximum absolute atomic E-state index is 13.4. The van der Waals surface area contributed by atoms with E-state index in [1.165, 1.54) is 12.1 Å². The Bertz CT molecular complexity index is 836. The summed E-state index contributed by atoms with van der Waals surface area (Å²) in [5, 5.41) is 4.35. The molecule has 1 aromatic carbocycles. The van der Waals surface area contributed by atoms with E-state index in [2.05, 4.69) is 15.0 Å². The normalized spacial score (nSPS) is 18.4. The number of rotatable bonds is 4. The lowest BCUT2D eigenvalue weighted by molar-refractivity contribution is -0.0330. The van der Waals surface area contributed by atoms with Crippen LogP contribution >= 0.6 is 0 Å². The molecular formula is C19H19FN4O. The fourth-order valence-electron chi connectivity index (χ4n) is 3.07. The van der Waals surface area contributed by atoms with Gasteiger partial charge < -0.3 is 4.74 Å². The van der Waals surface area contributed by atoms with Gasteiger partial charge in [-0.05, 0) is 24.3 Å². The van der Waals surface area contributed by atoms with Gasteiger partial charge in [-0.25, -0.2) is 9.07 Å². The molecule has 0 unspecified atom stereocenters. The number of benzene rings is 1. The molecule has 3 heterocycles. The smallest absolute Gasteiger partial charge is 0.125 e. The summed E-state index contributed by atoms with van der Waals surface area (Å²) in [5.41, 5.74) is 2.92. The van der Waals surface area contributed by atoms with E-state index in [4.69, 9.17) is 4.74 Å². The third-order valence-electron chi connectivity index (χ3n) is 4.32. The van der Waals surface area contributed by atoms with Crippen LogP contribution < -0.4 is 0 Å². The standard InChI is InChI=1S/C19H19FN4O/c20-17-4-1-5-18(9-17)24-13-15(10-22-24)12-23-7-8-25-19(14-23)16-3-2-6-21-11-16/h1-6,9-11,13,19H,7-8,12,14H2/t19-/m1/s1. The molecule has 0 amide bonds. The van der Waals surface area contributed by atoms with Crippen molar-refractivity contribution in [3.8, 4) is 5.69 Å². The molecule has 25 heavy (non-hydrogen) atoms. The maximum atomic E-state index is 13.4. The van der Waals surface area contributed by atoms with Crippen LogP contribution in [0.1, 0.15) is 17.2 Å². The number of pyridine rings is 1. The summed E-state index contributed by atoms with van der Waals surface area (Å²) >= 11 is 0. The molecule has 0 aliphatic carbocycles. The molecule has 5 nitrogen and oxygen atoms in total. The van der Waals surface area contributed by atoms with E-state index in [1.54, 1.807) is 16.9 Å². The SMILES string of the molecule is Fc1cccc(-n2cc(CN3CCO[C@@H](c4cccnc4)C3)cn2)c1. The van der Waals surface area contributed by atoms with Crippen LogP contribution in [0.4, 0.5) is 4.39 Å². The Hall–Kier alpha value is -2.57. The highest BCUT2D eigenvalue weighted by molar-refractivity contribution is 5.31. The van der Waals surface area contributed by atoms with Gasteiger partial charge in [0.2, 0.25) is 0 Å². The quantitative estimate of drug-likeness (QED) is 0.733. The van der Waals surface area contributed by atoms with Gasteiger partial charge in [-0.2, -0.15) is 5.10 Å². The molecule has 0 saturated carbocycles. The second-order valence-corrected chi connectivity index (χ2v) is 6.15. The molecule has 4 rings (SSSR count). The van der Waals surface area contributed by atoms with Crippen LogP contribution in [0.2, 0.25) is 0 Å². The van der Waals surface area contributed by atoms with Crippen molar-refractivity contribution in [2.24, 2.45) is 0 Å². The van der Waals surface area contributed by atoms with Crippen LogP contribution in [0.5, 0.6) is 0 Å². The van der Waals surface area contributed by atoms with E-state index in [-0.39, 0.29) is 11.9 Å². The molecule has 1 fully saturated rings. The molecule has 3 aromatic rings. The molecule has 1 aliphatic rings. The second-order valence-electron chi connectivity index (χ2n) is 6.15. The number of nitrogens with zero attached hydrogens (tertiary/aromatic N) is 4. The van der Waals surface area contributed by atoms with Crippen molar-refractivity contribution in [2.45, 2.75) is 12.6 Å². The highest BCUT2D eigenvalue weighted by Crippen LogP contribution is 2.22. The molecule has 2 aromatic heterocycles. The molecule has 1 aliphatic heterocycles. The summed E-state index contributed by atoms with van der Waals surface area (Å²) in [5.74, 6) is -0.262. The average molecular weight is 338 g/mol. The Balaban J connectivity index is 1.44. The van der Waals surface area contributed by atoms with Gasteiger partial charge in [-0.3, -0.25) is 9.88 Å². The zero-order chi connectivity index (χ0) is 17.1. The first-order valence-corrected chi connectivity index (χ1v) is 8.31. The number of hydrogen-bond acceptors (Lipinski definition) is 4. The third-order valence-corrected chi connectivity index (χ3v) is 4.32. The lowest BCUT2D eigenvalue weighted by atomic mass is 10.1. The lowest BCUT2D eigenvalue weighted by Crippen LogP contribution is -2.37. The predicted octanol–water partition coefficient (Wildman–Crippen LogP) is 2.98. The van der Waals surface area contributed by atoms with E-state index in [0.29, 0.717) is 6.61 Å². The molecular weight excluding hydrogens is 319 g/mol. The Morgan fingerprint density at radius 2 is 2.16 bits per heavy atom. The van der Waals surface area contributed by atoms with E-state index in [1.807, 2.05) is 36.8 Å². The molecule has 1 atom stereocenters. The fourth-order valence-corrected chi connectivity index (χ4v) is 3.07. The van der Waals surface area contributed by atoms with Gasteiger partial charge >= 0.3 is 0 Å². The molecule has 0 N–H and O–H groups in total. The topological polar surface area (TPSA) is 43.2 Å². The van der Waals surface area contributed by atoms with Crippen LogP contribution in [0.15, 0.2) is 61.2 Å². The predicted molar refractivity (Wildman–Crippen MR) is 91.7 cm³/mol. The lowest BCUT2D eigenvalue weighted by Gasteiger charge is -2.32. The molecule has 6 heteroatoms. The number of ether oxygens (including phenoxy) is 1. The van der Waals surface area contributed by atoms with Crippen molar-refractivity contribution < 1.29 is 9.13 Å². The van der Waals surface area contributed by atoms with Gasteiger partial charge in [0.15, 0.2) is 0 Å². The Labute approximate surface area is 145 Å². The van der Waals surface area contributed by atoms with Gasteiger partial charge in [0.25, 0.3) is 0 Å². The van der Waals surface area contributed by atoms with Crippen molar-refractivity contribution in [2.75, 3.05) is 19.7 Å². The first kappa shape index (κ1) is 15.9. The van der Waals surface area contributed by atoms with Gasteiger partial charge in [0.05, 0.1) is 24.6 Å². The minimum absolute atomic E-state index is 0.0423. The zero-order valence-electron chi connectivity index (χ0n) is 13.8. The highest BCUT2D eigenvalue weighted by Gasteiger charge is 2.22. The third kappa shape index (κ3) is 3.75. The van der Waals surface area contributed by atoms with Gasteiger partial charge in [-0.15, -0.1) is 0 Å². The first-order valence-electron chi connectivity index (χ1n) is 8.31. The van der Waals surface area contributed by atoms with Crippen molar-refractivity contribution in [3.05, 3.63) is 78.1 Å². The molecule has 0 radical (unpaired) electrons. The van der Waals surface area contributed by atoms with E-state index < -0.39 is 0 Å². The summed E-state index contributed by atoms with van der Waals surface area (Å²) in [6.45, 7) is 3.17. The Morgan fingerprint density at radius 1 is 1.20 bits per heavy atom. The van der Waals surface area contributed by atoms with Crippen molar-refractivity contribution in [1.29, 1.82) is 0 Å². The van der Waals surface area contributed by atoms with Crippen LogP contribution in [0.3, 0.4) is 0 Å². The molecule has 0 spiro atoms. The minimum Gasteiger partial charge on any atom is -0.371 e. The summed E-state index contributed by atoms with van der Waals surface area (Å²) in [7, 11) is 0. The number of halogens is 1. The second kappa shape index (κ2) is 7.13. The van der Waals surface area contributed by atoms with Crippen molar-refractivity contribution >= 4 is 0 Å². The van der Waals surface area contributed by atoms with Crippen LogP contribution in [0, 0.1) is 5.82 Å². The number of hydrogen-bond donors (Lipinski definition) is 0. The summed E-state index contributed by atoms with van der Waals surface area (Å²) in [6, 6.07) is 10.4. The van der Waals surface area contributed by atoms with Gasteiger partial charge in [0.1, 0.15) is 5.82 Å². The van der Waals surface area contributed by atoms with Crippen LogP contribution in [-0.2, 0) is 11.3 Å². The van der Waals surface area contributed by atoms with Crippen molar-refractivity contribution in [1.82, 2.24) is 19.7 Å². The number of morpholine rings is 1. The van der Waals surface area contributed by atoms with E-state index >= 15 is 0 Å². The maximum Gasteiger partial charge on any atom is 0.125 e. The summed E-state index contributed by atoms with van der Waals surface area (Å²) in [6.07, 6.45) is 7.45. The molecule has 0 bridgehead atoms. The monoisotopic (exact) mass is 338 g/mol. The average Bonchev–Trinajstić information content (AvgIpc) is 3.11. The minimum atomic E-state index is -0.262. The number of aromatic nitrogens is 3. The van der Waals surface area contributed by atoms with Gasteiger partial charge in [0, 0.05) is 49.4 Å². The zero-order valence-corrected chi connectivity index (χ0v) is 13.8. The highest BCUT2D eigenvalue weighted by atomic mass is 19.1. The van der Waals surface area contributed by atoms with Crippen molar-refractivity contribution in [3.63, 3.8) is 0 Å². The molecule has 1 saturated heterocycles. The Kier molecular flexibility index (Phi) is 4.54. The summed E-state index contributed by atoms with van der Waals surface area (Å²) < 4.78 is 20.9. The van der Waals surface area contributed by atoms with Crippen LogP contribution in [-0.4, -0.2) is 39.4 Å². The Morgan fingerprint density at radius 3 is 3.00 bits per heavy atom. The van der Waals surface area contributed by atoms with Gasteiger partial charge in [-0.1, -0.05) is 12.1 Å². The van der Waals surface area contributed by atoms with E-state index in [9.17, 15) is 4.39 Å².